The molecule has 1 aromatic heterocycles. The molecule has 1 fully saturated rings. The van der Waals surface area contributed by atoms with Crippen LogP contribution >= 0.6 is 22.9 Å². The molecule has 3 rings (SSSR count). The molecule has 1 aliphatic heterocycles. The zero-order chi connectivity index (χ0) is 13.3. The molecular weight excluding hydrogens is 280 g/mol. The molecule has 2 heterocycles. The molecule has 0 amide bonds. The summed E-state index contributed by atoms with van der Waals surface area (Å²) in [4.78, 5) is 11.6. The summed E-state index contributed by atoms with van der Waals surface area (Å²) in [5, 5.41) is 2.72. The lowest BCUT2D eigenvalue weighted by Gasteiger charge is -2.28. The molecule has 0 radical (unpaired) electrons. The maximum atomic E-state index is 10.9. The van der Waals surface area contributed by atoms with Crippen LogP contribution in [0.25, 0.3) is 0 Å². The fraction of sp³-hybridized carbons (Fsp3) is 0.267. The second-order valence-electron chi connectivity index (χ2n) is 4.64. The molecule has 4 heteroatoms. The number of carbonyl (C=O) groups is 1. The van der Waals surface area contributed by atoms with Gasteiger partial charge in [-0.1, -0.05) is 23.7 Å². The first-order chi connectivity index (χ1) is 9.24. The van der Waals surface area contributed by atoms with Crippen LogP contribution in [0.15, 0.2) is 35.7 Å². The van der Waals surface area contributed by atoms with E-state index in [0.717, 1.165) is 41.7 Å². The molecule has 0 bridgehead atoms. The fourth-order valence-corrected chi connectivity index (χ4v) is 3.59. The predicted octanol–water partition coefficient (Wildman–Crippen LogP) is 4.27. The summed E-state index contributed by atoms with van der Waals surface area (Å²) >= 11 is 7.55. The lowest BCUT2D eigenvalue weighted by Crippen LogP contribution is -2.25. The van der Waals surface area contributed by atoms with E-state index in [2.05, 4.69) is 0 Å². The van der Waals surface area contributed by atoms with Crippen molar-refractivity contribution in [3.63, 3.8) is 0 Å². The van der Waals surface area contributed by atoms with E-state index in [1.165, 1.54) is 11.3 Å². The van der Waals surface area contributed by atoms with Crippen LogP contribution < -0.4 is 0 Å². The van der Waals surface area contributed by atoms with E-state index in [1.54, 1.807) is 0 Å². The Kier molecular flexibility index (Phi) is 3.44. The SMILES string of the molecule is O=Cc1cc([C@@]2(c3cccc(Cl)c3)CCCO2)cs1. The van der Waals surface area contributed by atoms with Gasteiger partial charge in [0, 0.05) is 11.6 Å². The van der Waals surface area contributed by atoms with Gasteiger partial charge in [0.1, 0.15) is 5.60 Å². The Bertz CT molecular complexity index is 600. The van der Waals surface area contributed by atoms with Crippen LogP contribution in [-0.2, 0) is 10.3 Å². The van der Waals surface area contributed by atoms with Crippen molar-refractivity contribution in [2.45, 2.75) is 18.4 Å². The summed E-state index contributed by atoms with van der Waals surface area (Å²) < 4.78 is 6.06. The van der Waals surface area contributed by atoms with Gasteiger partial charge in [0.2, 0.25) is 0 Å². The highest BCUT2D eigenvalue weighted by molar-refractivity contribution is 7.11. The highest BCUT2D eigenvalue weighted by atomic mass is 35.5. The van der Waals surface area contributed by atoms with Gasteiger partial charge in [0.05, 0.1) is 4.88 Å². The Morgan fingerprint density at radius 2 is 2.21 bits per heavy atom. The molecule has 1 aromatic carbocycles. The molecule has 1 saturated heterocycles. The quantitative estimate of drug-likeness (QED) is 0.790. The number of ether oxygens (including phenoxy) is 1. The Hall–Kier alpha value is -1.16. The van der Waals surface area contributed by atoms with Crippen LogP contribution in [0.4, 0.5) is 0 Å². The van der Waals surface area contributed by atoms with E-state index < -0.39 is 5.60 Å². The first-order valence-electron chi connectivity index (χ1n) is 6.19. The van der Waals surface area contributed by atoms with Gasteiger partial charge in [0.25, 0.3) is 0 Å². The zero-order valence-electron chi connectivity index (χ0n) is 10.3. The maximum Gasteiger partial charge on any atom is 0.160 e. The third kappa shape index (κ3) is 2.22. The first-order valence-corrected chi connectivity index (χ1v) is 7.44. The summed E-state index contributed by atoms with van der Waals surface area (Å²) in [6.45, 7) is 0.735. The standard InChI is InChI=1S/C15H13ClO2S/c16-13-4-1-3-11(7-13)15(5-2-6-18-15)12-8-14(9-17)19-10-12/h1,3-4,7-10H,2,5-6H2/t15-/m0/s1. The Labute approximate surface area is 121 Å². The molecule has 19 heavy (non-hydrogen) atoms. The van der Waals surface area contributed by atoms with Gasteiger partial charge in [-0.3, -0.25) is 4.79 Å². The molecule has 1 atom stereocenters. The van der Waals surface area contributed by atoms with E-state index in [1.807, 2.05) is 35.7 Å². The van der Waals surface area contributed by atoms with Crippen molar-refractivity contribution in [3.8, 4) is 0 Å². The molecule has 2 nitrogen and oxygen atoms in total. The Morgan fingerprint density at radius 1 is 1.32 bits per heavy atom. The van der Waals surface area contributed by atoms with E-state index in [4.69, 9.17) is 16.3 Å². The van der Waals surface area contributed by atoms with Crippen LogP contribution in [0.2, 0.25) is 5.02 Å². The number of hydrogen-bond acceptors (Lipinski definition) is 3. The van der Waals surface area contributed by atoms with Crippen LogP contribution in [-0.4, -0.2) is 12.9 Å². The second-order valence-corrected chi connectivity index (χ2v) is 6.02. The summed E-state index contributed by atoms with van der Waals surface area (Å²) in [6.07, 6.45) is 2.82. The van der Waals surface area contributed by atoms with Gasteiger partial charge in [-0.2, -0.15) is 0 Å². The molecule has 1 aliphatic rings. The predicted molar refractivity (Wildman–Crippen MR) is 77.1 cm³/mol. The van der Waals surface area contributed by atoms with Crippen molar-refractivity contribution in [1.82, 2.24) is 0 Å². The van der Waals surface area contributed by atoms with Crippen molar-refractivity contribution >= 4 is 29.2 Å². The van der Waals surface area contributed by atoms with Gasteiger partial charge in [-0.05, 0) is 47.5 Å². The van der Waals surface area contributed by atoms with E-state index in [-0.39, 0.29) is 0 Å². The fourth-order valence-electron chi connectivity index (χ4n) is 2.63. The number of halogens is 1. The van der Waals surface area contributed by atoms with Gasteiger partial charge in [-0.25, -0.2) is 0 Å². The third-order valence-corrected chi connectivity index (χ3v) is 4.61. The normalized spacial score (nSPS) is 22.6. The highest BCUT2D eigenvalue weighted by Crippen LogP contribution is 2.44. The number of thiophene rings is 1. The third-order valence-electron chi connectivity index (χ3n) is 3.51. The second kappa shape index (κ2) is 5.08. The Morgan fingerprint density at radius 3 is 2.84 bits per heavy atom. The highest BCUT2D eigenvalue weighted by Gasteiger charge is 2.39. The average Bonchev–Trinajstić information content (AvgIpc) is 3.08. The van der Waals surface area contributed by atoms with Crippen molar-refractivity contribution in [2.75, 3.05) is 6.61 Å². The zero-order valence-corrected chi connectivity index (χ0v) is 11.8. The number of benzene rings is 1. The summed E-state index contributed by atoms with van der Waals surface area (Å²) in [7, 11) is 0. The molecule has 0 spiro atoms. The van der Waals surface area contributed by atoms with Crippen molar-refractivity contribution in [1.29, 1.82) is 0 Å². The number of hydrogen-bond donors (Lipinski definition) is 0. The largest absolute Gasteiger partial charge is 0.366 e. The number of rotatable bonds is 3. The number of aldehydes is 1. The molecular formula is C15H13ClO2S. The van der Waals surface area contributed by atoms with Crippen molar-refractivity contribution in [2.24, 2.45) is 0 Å². The van der Waals surface area contributed by atoms with Crippen LogP contribution in [0, 0.1) is 0 Å². The molecule has 0 N–H and O–H groups in total. The summed E-state index contributed by atoms with van der Waals surface area (Å²) in [6, 6.07) is 9.71. The molecule has 98 valence electrons. The average molecular weight is 293 g/mol. The smallest absolute Gasteiger partial charge is 0.160 e. The molecule has 2 aromatic rings. The maximum absolute atomic E-state index is 10.9. The summed E-state index contributed by atoms with van der Waals surface area (Å²) in [5.41, 5.74) is 1.68. The minimum absolute atomic E-state index is 0.442. The van der Waals surface area contributed by atoms with Gasteiger partial charge < -0.3 is 4.74 Å². The van der Waals surface area contributed by atoms with E-state index in [9.17, 15) is 4.79 Å². The number of carbonyl (C=O) groups excluding carboxylic acids is 1. The van der Waals surface area contributed by atoms with E-state index >= 15 is 0 Å². The van der Waals surface area contributed by atoms with Gasteiger partial charge in [-0.15, -0.1) is 11.3 Å². The lowest BCUT2D eigenvalue weighted by atomic mass is 9.85. The minimum atomic E-state index is -0.442. The minimum Gasteiger partial charge on any atom is -0.366 e. The molecule has 0 aliphatic carbocycles. The molecule has 0 saturated carbocycles. The van der Waals surface area contributed by atoms with E-state index in [0.29, 0.717) is 5.02 Å². The van der Waals surface area contributed by atoms with Crippen LogP contribution in [0.3, 0.4) is 0 Å². The van der Waals surface area contributed by atoms with Crippen molar-refractivity contribution < 1.29 is 9.53 Å². The van der Waals surface area contributed by atoms with Crippen LogP contribution in [0.1, 0.15) is 33.6 Å². The van der Waals surface area contributed by atoms with Crippen LogP contribution in [0.5, 0.6) is 0 Å². The van der Waals surface area contributed by atoms with Gasteiger partial charge >= 0.3 is 0 Å². The van der Waals surface area contributed by atoms with Gasteiger partial charge in [0.15, 0.2) is 6.29 Å². The first kappa shape index (κ1) is 12.9. The molecule has 0 unspecified atom stereocenters. The monoisotopic (exact) mass is 292 g/mol. The lowest BCUT2D eigenvalue weighted by molar-refractivity contribution is 0.0363. The van der Waals surface area contributed by atoms with Crippen molar-refractivity contribution in [3.05, 3.63) is 56.7 Å². The topological polar surface area (TPSA) is 26.3 Å². The Balaban J connectivity index is 2.11. The summed E-state index contributed by atoms with van der Waals surface area (Å²) in [5.74, 6) is 0.